The van der Waals surface area contributed by atoms with Crippen LogP contribution in [-0.2, 0) is 11.2 Å². The molecular formula is C21H24N2O2S. The fourth-order valence-corrected chi connectivity index (χ4v) is 3.56. The molecule has 5 heteroatoms. The summed E-state index contributed by atoms with van der Waals surface area (Å²) in [5, 5.41) is 0. The predicted molar refractivity (Wildman–Crippen MR) is 106 cm³/mol. The maximum Gasteiger partial charge on any atom is 0.253 e. The van der Waals surface area contributed by atoms with Gasteiger partial charge in [-0.2, -0.15) is 0 Å². The summed E-state index contributed by atoms with van der Waals surface area (Å²) in [6, 6.07) is 15.8. The molecule has 1 fully saturated rings. The van der Waals surface area contributed by atoms with Crippen molar-refractivity contribution in [3.8, 4) is 0 Å². The van der Waals surface area contributed by atoms with Crippen LogP contribution < -0.4 is 0 Å². The summed E-state index contributed by atoms with van der Waals surface area (Å²) in [4.78, 5) is 30.0. The van der Waals surface area contributed by atoms with Crippen molar-refractivity contribution in [3.63, 3.8) is 0 Å². The second kappa shape index (κ2) is 8.41. The highest BCUT2D eigenvalue weighted by molar-refractivity contribution is 7.98. The molecule has 0 saturated carbocycles. The van der Waals surface area contributed by atoms with Crippen molar-refractivity contribution in [3.05, 3.63) is 65.2 Å². The first-order valence-electron chi connectivity index (χ1n) is 8.83. The van der Waals surface area contributed by atoms with E-state index in [0.717, 1.165) is 16.7 Å². The molecule has 0 unspecified atom stereocenters. The molecule has 2 amide bonds. The molecule has 0 aromatic heterocycles. The van der Waals surface area contributed by atoms with Crippen LogP contribution in [0.4, 0.5) is 0 Å². The highest BCUT2D eigenvalue weighted by atomic mass is 32.2. The van der Waals surface area contributed by atoms with E-state index < -0.39 is 0 Å². The molecular weight excluding hydrogens is 344 g/mol. The molecule has 0 atom stereocenters. The topological polar surface area (TPSA) is 40.6 Å². The Morgan fingerprint density at radius 2 is 1.62 bits per heavy atom. The van der Waals surface area contributed by atoms with Crippen molar-refractivity contribution in [1.82, 2.24) is 9.80 Å². The fraction of sp³-hybridized carbons (Fsp3) is 0.333. The Kier molecular flexibility index (Phi) is 5.99. The Morgan fingerprint density at radius 3 is 2.23 bits per heavy atom. The molecule has 136 valence electrons. The molecule has 2 aromatic carbocycles. The van der Waals surface area contributed by atoms with Crippen LogP contribution in [0.2, 0.25) is 0 Å². The van der Waals surface area contributed by atoms with Crippen LogP contribution >= 0.6 is 11.8 Å². The van der Waals surface area contributed by atoms with Gasteiger partial charge in [0.1, 0.15) is 0 Å². The largest absolute Gasteiger partial charge is 0.339 e. The van der Waals surface area contributed by atoms with Crippen molar-refractivity contribution in [1.29, 1.82) is 0 Å². The van der Waals surface area contributed by atoms with Crippen molar-refractivity contribution >= 4 is 23.6 Å². The molecule has 0 N–H and O–H groups in total. The van der Waals surface area contributed by atoms with Gasteiger partial charge >= 0.3 is 0 Å². The molecule has 2 aromatic rings. The molecule has 0 spiro atoms. The number of hydrogen-bond acceptors (Lipinski definition) is 3. The minimum Gasteiger partial charge on any atom is -0.339 e. The maximum atomic E-state index is 12.6. The number of rotatable bonds is 4. The van der Waals surface area contributed by atoms with Gasteiger partial charge in [0.15, 0.2) is 0 Å². The predicted octanol–water partition coefficient (Wildman–Crippen LogP) is 3.24. The van der Waals surface area contributed by atoms with E-state index in [-0.39, 0.29) is 11.8 Å². The van der Waals surface area contributed by atoms with Gasteiger partial charge in [-0.3, -0.25) is 9.59 Å². The second-order valence-corrected chi connectivity index (χ2v) is 7.45. The van der Waals surface area contributed by atoms with E-state index in [1.807, 2.05) is 71.5 Å². The average molecular weight is 369 g/mol. The standard InChI is InChI=1S/C21H24N2O2S/c1-16-4-3-5-18(14-16)21(25)23-12-10-22(11-13-23)20(24)15-17-6-8-19(26-2)9-7-17/h3-9,14H,10-13,15H2,1-2H3. The van der Waals surface area contributed by atoms with E-state index in [4.69, 9.17) is 0 Å². The van der Waals surface area contributed by atoms with Crippen LogP contribution in [0.1, 0.15) is 21.5 Å². The molecule has 26 heavy (non-hydrogen) atoms. The Bertz CT molecular complexity index is 781. The van der Waals surface area contributed by atoms with Gasteiger partial charge in [0.2, 0.25) is 5.91 Å². The SMILES string of the molecule is CSc1ccc(CC(=O)N2CCN(C(=O)c3cccc(C)c3)CC2)cc1. The van der Waals surface area contributed by atoms with E-state index >= 15 is 0 Å². The normalized spacial score (nSPS) is 14.4. The third-order valence-electron chi connectivity index (χ3n) is 4.70. The van der Waals surface area contributed by atoms with Crippen LogP contribution in [-0.4, -0.2) is 54.0 Å². The summed E-state index contributed by atoms with van der Waals surface area (Å²) in [5.74, 6) is 0.179. The molecule has 1 heterocycles. The van der Waals surface area contributed by atoms with Gasteiger partial charge < -0.3 is 9.80 Å². The van der Waals surface area contributed by atoms with E-state index in [2.05, 4.69) is 0 Å². The lowest BCUT2D eigenvalue weighted by molar-refractivity contribution is -0.131. The quantitative estimate of drug-likeness (QED) is 0.778. The summed E-state index contributed by atoms with van der Waals surface area (Å²) < 4.78 is 0. The summed E-state index contributed by atoms with van der Waals surface area (Å²) in [5.41, 5.74) is 2.84. The Labute approximate surface area is 159 Å². The van der Waals surface area contributed by atoms with Gasteiger partial charge in [-0.1, -0.05) is 29.8 Å². The van der Waals surface area contributed by atoms with Crippen LogP contribution in [0, 0.1) is 6.92 Å². The van der Waals surface area contributed by atoms with E-state index in [9.17, 15) is 9.59 Å². The number of piperazine rings is 1. The minimum absolute atomic E-state index is 0.0495. The zero-order valence-electron chi connectivity index (χ0n) is 15.3. The van der Waals surface area contributed by atoms with Gasteiger partial charge in [0.25, 0.3) is 5.91 Å². The number of carbonyl (C=O) groups is 2. The van der Waals surface area contributed by atoms with Gasteiger partial charge in [0, 0.05) is 36.6 Å². The number of amides is 2. The molecule has 0 bridgehead atoms. The fourth-order valence-electron chi connectivity index (χ4n) is 3.15. The van der Waals surface area contributed by atoms with Crippen LogP contribution in [0.3, 0.4) is 0 Å². The summed E-state index contributed by atoms with van der Waals surface area (Å²) in [7, 11) is 0. The van der Waals surface area contributed by atoms with Gasteiger partial charge in [0.05, 0.1) is 6.42 Å². The highest BCUT2D eigenvalue weighted by Crippen LogP contribution is 2.16. The third kappa shape index (κ3) is 4.47. The number of hydrogen-bond donors (Lipinski definition) is 0. The Morgan fingerprint density at radius 1 is 0.962 bits per heavy atom. The van der Waals surface area contributed by atoms with E-state index in [1.54, 1.807) is 11.8 Å². The number of aryl methyl sites for hydroxylation is 1. The van der Waals surface area contributed by atoms with Crippen LogP contribution in [0.15, 0.2) is 53.4 Å². The maximum absolute atomic E-state index is 12.6. The zero-order chi connectivity index (χ0) is 18.5. The molecule has 0 aliphatic carbocycles. The smallest absolute Gasteiger partial charge is 0.253 e. The second-order valence-electron chi connectivity index (χ2n) is 6.57. The van der Waals surface area contributed by atoms with Crippen molar-refractivity contribution in [2.45, 2.75) is 18.2 Å². The minimum atomic E-state index is 0.0495. The number of carbonyl (C=O) groups excluding carboxylic acids is 2. The van der Waals surface area contributed by atoms with Gasteiger partial charge in [-0.25, -0.2) is 0 Å². The van der Waals surface area contributed by atoms with Crippen molar-refractivity contribution in [2.75, 3.05) is 32.4 Å². The number of nitrogens with zero attached hydrogens (tertiary/aromatic N) is 2. The van der Waals surface area contributed by atoms with Crippen LogP contribution in [0.5, 0.6) is 0 Å². The molecule has 3 rings (SSSR count). The first-order chi connectivity index (χ1) is 12.6. The lowest BCUT2D eigenvalue weighted by Gasteiger charge is -2.35. The Hall–Kier alpha value is -2.27. The molecule has 1 saturated heterocycles. The highest BCUT2D eigenvalue weighted by Gasteiger charge is 2.24. The molecule has 0 radical (unpaired) electrons. The zero-order valence-corrected chi connectivity index (χ0v) is 16.1. The summed E-state index contributed by atoms with van der Waals surface area (Å²) in [6.45, 7) is 4.35. The first-order valence-corrected chi connectivity index (χ1v) is 10.1. The lowest BCUT2D eigenvalue weighted by Crippen LogP contribution is -2.51. The summed E-state index contributed by atoms with van der Waals surface area (Å²) in [6.07, 6.45) is 2.46. The average Bonchev–Trinajstić information content (AvgIpc) is 2.68. The van der Waals surface area contributed by atoms with Crippen LogP contribution in [0.25, 0.3) is 0 Å². The Balaban J connectivity index is 1.54. The van der Waals surface area contributed by atoms with E-state index in [0.29, 0.717) is 32.6 Å². The summed E-state index contributed by atoms with van der Waals surface area (Å²) >= 11 is 1.69. The van der Waals surface area contributed by atoms with Gasteiger partial charge in [-0.05, 0) is 43.0 Å². The number of thioether (sulfide) groups is 1. The molecule has 1 aliphatic rings. The van der Waals surface area contributed by atoms with Crippen molar-refractivity contribution < 1.29 is 9.59 Å². The molecule has 4 nitrogen and oxygen atoms in total. The number of benzene rings is 2. The van der Waals surface area contributed by atoms with Crippen molar-refractivity contribution in [2.24, 2.45) is 0 Å². The third-order valence-corrected chi connectivity index (χ3v) is 5.44. The monoisotopic (exact) mass is 368 g/mol. The first kappa shape index (κ1) is 18.5. The molecule has 1 aliphatic heterocycles. The van der Waals surface area contributed by atoms with Gasteiger partial charge in [-0.15, -0.1) is 11.8 Å². The lowest BCUT2D eigenvalue weighted by atomic mass is 10.1. The van der Waals surface area contributed by atoms with E-state index in [1.165, 1.54) is 4.90 Å².